The van der Waals surface area contributed by atoms with Crippen LogP contribution in [0.25, 0.3) is 0 Å². The van der Waals surface area contributed by atoms with Crippen molar-refractivity contribution in [2.24, 2.45) is 0 Å². The second kappa shape index (κ2) is 5.85. The lowest BCUT2D eigenvalue weighted by atomic mass is 10.1. The summed E-state index contributed by atoms with van der Waals surface area (Å²) in [6, 6.07) is 5.39. The van der Waals surface area contributed by atoms with Crippen LogP contribution in [0.15, 0.2) is 27.4 Å². The number of furan rings is 1. The van der Waals surface area contributed by atoms with Crippen molar-refractivity contribution in [1.29, 1.82) is 0 Å². The average molecular weight is 289 g/mol. The Kier molecular flexibility index (Phi) is 4.32. The molecule has 0 saturated carbocycles. The van der Waals surface area contributed by atoms with Crippen molar-refractivity contribution < 1.29 is 4.42 Å². The van der Waals surface area contributed by atoms with Crippen LogP contribution in [0.5, 0.6) is 0 Å². The number of nitrogens with zero attached hydrogens (tertiary/aromatic N) is 2. The van der Waals surface area contributed by atoms with Crippen LogP contribution in [-0.4, -0.2) is 15.1 Å². The molecule has 2 rings (SSSR count). The fourth-order valence-corrected chi connectivity index (χ4v) is 2.07. The molecule has 0 atom stereocenters. The van der Waals surface area contributed by atoms with Gasteiger partial charge in [-0.2, -0.15) is 0 Å². The first-order valence-corrected chi connectivity index (χ1v) is 7.12. The second-order valence-electron chi connectivity index (χ2n) is 6.34. The molecular weight excluding hydrogens is 266 g/mol. The van der Waals surface area contributed by atoms with Crippen LogP contribution in [0, 0.1) is 13.8 Å². The summed E-state index contributed by atoms with van der Waals surface area (Å²) in [5.41, 5.74) is 0.732. The summed E-state index contributed by atoms with van der Waals surface area (Å²) in [5.74, 6) is 2.33. The molecule has 2 heterocycles. The standard InChI is InChI=1S/C16H23N3O2/c1-11-8-15(20)19(12(2)18-11)10-14-7-6-13(21-14)9-17-16(3,4)5/h6-8,17H,9-10H2,1-5H3. The Morgan fingerprint density at radius 1 is 1.24 bits per heavy atom. The summed E-state index contributed by atoms with van der Waals surface area (Å²) in [4.78, 5) is 16.3. The lowest BCUT2D eigenvalue weighted by molar-refractivity contribution is 0.375. The molecular formula is C16H23N3O2. The van der Waals surface area contributed by atoms with E-state index in [-0.39, 0.29) is 11.1 Å². The van der Waals surface area contributed by atoms with Crippen molar-refractivity contribution in [2.45, 2.75) is 53.2 Å². The summed E-state index contributed by atoms with van der Waals surface area (Å²) < 4.78 is 7.39. The lowest BCUT2D eigenvalue weighted by Gasteiger charge is -2.19. The molecule has 5 nitrogen and oxygen atoms in total. The van der Waals surface area contributed by atoms with Crippen LogP contribution in [0.1, 0.15) is 43.8 Å². The lowest BCUT2D eigenvalue weighted by Crippen LogP contribution is -2.34. The zero-order chi connectivity index (χ0) is 15.6. The highest BCUT2D eigenvalue weighted by Crippen LogP contribution is 2.11. The van der Waals surface area contributed by atoms with E-state index >= 15 is 0 Å². The van der Waals surface area contributed by atoms with Gasteiger partial charge in [0.1, 0.15) is 17.3 Å². The van der Waals surface area contributed by atoms with Gasteiger partial charge in [-0.05, 0) is 46.8 Å². The summed E-state index contributed by atoms with van der Waals surface area (Å²) in [6.07, 6.45) is 0. The zero-order valence-corrected chi connectivity index (χ0v) is 13.4. The van der Waals surface area contributed by atoms with Crippen LogP contribution in [-0.2, 0) is 13.1 Å². The van der Waals surface area contributed by atoms with Crippen molar-refractivity contribution in [1.82, 2.24) is 14.9 Å². The SMILES string of the molecule is Cc1cc(=O)n(Cc2ccc(CNC(C)(C)C)o2)c(C)n1. The first-order valence-electron chi connectivity index (χ1n) is 7.12. The molecule has 0 spiro atoms. The summed E-state index contributed by atoms with van der Waals surface area (Å²) in [6.45, 7) is 11.1. The maximum absolute atomic E-state index is 12.0. The Bertz CT molecular complexity index is 678. The molecule has 0 bridgehead atoms. The molecule has 114 valence electrons. The number of hydrogen-bond donors (Lipinski definition) is 1. The molecule has 1 N–H and O–H groups in total. The molecule has 0 unspecified atom stereocenters. The fraction of sp³-hybridized carbons (Fsp3) is 0.500. The van der Waals surface area contributed by atoms with E-state index in [1.807, 2.05) is 26.0 Å². The minimum Gasteiger partial charge on any atom is -0.463 e. The van der Waals surface area contributed by atoms with Crippen molar-refractivity contribution in [3.05, 3.63) is 51.6 Å². The average Bonchev–Trinajstić information content (AvgIpc) is 2.78. The summed E-state index contributed by atoms with van der Waals surface area (Å²) >= 11 is 0. The van der Waals surface area contributed by atoms with Crippen LogP contribution < -0.4 is 10.9 Å². The van der Waals surface area contributed by atoms with Crippen molar-refractivity contribution in [3.8, 4) is 0 Å². The van der Waals surface area contributed by atoms with Gasteiger partial charge in [-0.1, -0.05) is 0 Å². The Labute approximate surface area is 125 Å². The van der Waals surface area contributed by atoms with Gasteiger partial charge in [-0.25, -0.2) is 4.98 Å². The smallest absolute Gasteiger partial charge is 0.254 e. The minimum atomic E-state index is -0.0502. The molecule has 2 aromatic heterocycles. The van der Waals surface area contributed by atoms with Gasteiger partial charge in [0.25, 0.3) is 5.56 Å². The van der Waals surface area contributed by atoms with E-state index in [1.165, 1.54) is 6.07 Å². The molecule has 0 aliphatic carbocycles. The molecule has 0 saturated heterocycles. The van der Waals surface area contributed by atoms with Crippen LogP contribution >= 0.6 is 0 Å². The Balaban J connectivity index is 2.11. The summed E-state index contributed by atoms with van der Waals surface area (Å²) in [5, 5.41) is 3.37. The molecule has 5 heteroatoms. The van der Waals surface area contributed by atoms with E-state index in [0.29, 0.717) is 18.9 Å². The normalized spacial score (nSPS) is 11.9. The number of nitrogens with one attached hydrogen (secondary N) is 1. The Hall–Kier alpha value is -1.88. The van der Waals surface area contributed by atoms with E-state index in [4.69, 9.17) is 4.42 Å². The number of aromatic nitrogens is 2. The van der Waals surface area contributed by atoms with Gasteiger partial charge in [0, 0.05) is 17.3 Å². The van der Waals surface area contributed by atoms with Gasteiger partial charge in [0.2, 0.25) is 0 Å². The van der Waals surface area contributed by atoms with Gasteiger partial charge in [-0.15, -0.1) is 0 Å². The van der Waals surface area contributed by atoms with E-state index in [0.717, 1.165) is 17.2 Å². The van der Waals surface area contributed by atoms with Crippen molar-refractivity contribution in [3.63, 3.8) is 0 Å². The topological polar surface area (TPSA) is 60.1 Å². The van der Waals surface area contributed by atoms with E-state index < -0.39 is 0 Å². The highest BCUT2D eigenvalue weighted by atomic mass is 16.3. The first-order chi connectivity index (χ1) is 9.74. The largest absolute Gasteiger partial charge is 0.463 e. The molecule has 0 aliphatic heterocycles. The van der Waals surface area contributed by atoms with Crippen LogP contribution in [0.2, 0.25) is 0 Å². The highest BCUT2D eigenvalue weighted by Gasteiger charge is 2.11. The van der Waals surface area contributed by atoms with E-state index in [1.54, 1.807) is 4.57 Å². The van der Waals surface area contributed by atoms with E-state index in [2.05, 4.69) is 31.1 Å². The Morgan fingerprint density at radius 2 is 1.90 bits per heavy atom. The molecule has 0 amide bonds. The molecule has 21 heavy (non-hydrogen) atoms. The minimum absolute atomic E-state index is 0.0430. The number of rotatable bonds is 4. The first kappa shape index (κ1) is 15.5. The zero-order valence-electron chi connectivity index (χ0n) is 13.4. The van der Waals surface area contributed by atoms with Crippen LogP contribution in [0.4, 0.5) is 0 Å². The van der Waals surface area contributed by atoms with Gasteiger partial charge in [-0.3, -0.25) is 9.36 Å². The molecule has 0 aromatic carbocycles. The highest BCUT2D eigenvalue weighted by molar-refractivity contribution is 5.10. The number of hydrogen-bond acceptors (Lipinski definition) is 4. The molecule has 0 aliphatic rings. The predicted molar refractivity (Wildman–Crippen MR) is 82.4 cm³/mol. The van der Waals surface area contributed by atoms with E-state index in [9.17, 15) is 4.79 Å². The third-order valence-corrected chi connectivity index (χ3v) is 3.15. The predicted octanol–water partition coefficient (Wildman–Crippen LogP) is 2.39. The maximum Gasteiger partial charge on any atom is 0.254 e. The maximum atomic E-state index is 12.0. The molecule has 0 radical (unpaired) electrons. The molecule has 2 aromatic rings. The third kappa shape index (κ3) is 4.29. The van der Waals surface area contributed by atoms with Crippen LogP contribution in [0.3, 0.4) is 0 Å². The van der Waals surface area contributed by atoms with Crippen molar-refractivity contribution >= 4 is 0 Å². The number of aryl methyl sites for hydroxylation is 2. The summed E-state index contributed by atoms with van der Waals surface area (Å²) in [7, 11) is 0. The monoisotopic (exact) mass is 289 g/mol. The van der Waals surface area contributed by atoms with Crippen molar-refractivity contribution in [2.75, 3.05) is 0 Å². The van der Waals surface area contributed by atoms with Gasteiger partial charge in [0.15, 0.2) is 0 Å². The Morgan fingerprint density at radius 3 is 2.52 bits per heavy atom. The third-order valence-electron chi connectivity index (χ3n) is 3.15. The second-order valence-corrected chi connectivity index (χ2v) is 6.34. The van der Waals surface area contributed by atoms with Gasteiger partial charge in [0.05, 0.1) is 13.1 Å². The quantitative estimate of drug-likeness (QED) is 0.939. The van der Waals surface area contributed by atoms with Gasteiger partial charge < -0.3 is 9.73 Å². The molecule has 0 fully saturated rings. The fourth-order valence-electron chi connectivity index (χ4n) is 2.07. The van der Waals surface area contributed by atoms with Gasteiger partial charge >= 0.3 is 0 Å².